The van der Waals surface area contributed by atoms with Crippen LogP contribution in [0, 0.1) is 17.7 Å². The Morgan fingerprint density at radius 3 is 2.95 bits per heavy atom. The Kier molecular flexibility index (Phi) is 3.59. The number of carboxylic acids is 1. The Hall–Kier alpha value is -2.01. The fourth-order valence-corrected chi connectivity index (χ4v) is 2.82. The molecule has 3 rings (SSSR count). The van der Waals surface area contributed by atoms with E-state index in [2.05, 4.69) is 9.88 Å². The second kappa shape index (κ2) is 5.41. The highest BCUT2D eigenvalue weighted by Crippen LogP contribution is 2.28. The molecule has 0 saturated carbocycles. The van der Waals surface area contributed by atoms with E-state index in [4.69, 9.17) is 5.11 Å². The number of aromatic nitrogens is 1. The first-order valence-electron chi connectivity index (χ1n) is 7.03. The Morgan fingerprint density at radius 2 is 2.24 bits per heavy atom. The minimum atomic E-state index is -0.742. The molecule has 1 unspecified atom stereocenters. The van der Waals surface area contributed by atoms with Crippen molar-refractivity contribution in [3.63, 3.8) is 0 Å². The van der Waals surface area contributed by atoms with Crippen molar-refractivity contribution in [1.82, 2.24) is 9.88 Å². The quantitative estimate of drug-likeness (QED) is 0.939. The summed E-state index contributed by atoms with van der Waals surface area (Å²) in [5, 5.41) is 9.53. The topological polar surface area (TPSA) is 53.4 Å². The smallest absolute Gasteiger partial charge is 0.306 e. The summed E-state index contributed by atoms with van der Waals surface area (Å²) in [4.78, 5) is 17.4. The van der Waals surface area contributed by atoms with Crippen LogP contribution in [0.1, 0.15) is 12.5 Å². The average molecular weight is 288 g/mol. The Morgan fingerprint density at radius 1 is 1.48 bits per heavy atom. The fourth-order valence-electron chi connectivity index (χ4n) is 2.82. The van der Waals surface area contributed by atoms with Gasteiger partial charge in [0, 0.05) is 31.2 Å². The number of hydrogen-bond acceptors (Lipinski definition) is 3. The number of benzene rings is 1. The average Bonchev–Trinajstić information content (AvgIpc) is 2.44. The van der Waals surface area contributed by atoms with Crippen LogP contribution in [0.5, 0.6) is 0 Å². The number of halogens is 1. The summed E-state index contributed by atoms with van der Waals surface area (Å²) in [6.07, 6.45) is 1.66. The number of hydrogen-bond donors (Lipinski definition) is 1. The number of nitrogens with zero attached hydrogens (tertiary/aromatic N) is 2. The monoisotopic (exact) mass is 288 g/mol. The molecule has 0 bridgehead atoms. The maximum atomic E-state index is 13.7. The molecule has 1 aromatic heterocycles. The third-order valence-corrected chi connectivity index (χ3v) is 4.28. The highest BCUT2D eigenvalue weighted by atomic mass is 19.1. The van der Waals surface area contributed by atoms with Gasteiger partial charge in [0.25, 0.3) is 0 Å². The van der Waals surface area contributed by atoms with Gasteiger partial charge in [-0.05, 0) is 29.7 Å². The Bertz CT molecular complexity index is 683. The molecule has 1 atom stereocenters. The predicted octanol–water partition coefficient (Wildman–Crippen LogP) is 2.53. The Balaban J connectivity index is 1.73. The van der Waals surface area contributed by atoms with Gasteiger partial charge in [-0.3, -0.25) is 14.7 Å². The normalized spacial score (nSPS) is 17.6. The van der Waals surface area contributed by atoms with Gasteiger partial charge in [-0.2, -0.15) is 0 Å². The van der Waals surface area contributed by atoms with Gasteiger partial charge >= 0.3 is 5.97 Å². The van der Waals surface area contributed by atoms with E-state index in [1.807, 2.05) is 0 Å². The van der Waals surface area contributed by atoms with Crippen LogP contribution < -0.4 is 0 Å². The third kappa shape index (κ3) is 2.61. The van der Waals surface area contributed by atoms with Crippen LogP contribution in [0.15, 0.2) is 30.5 Å². The fraction of sp³-hybridized carbons (Fsp3) is 0.375. The van der Waals surface area contributed by atoms with Gasteiger partial charge in [0.1, 0.15) is 5.82 Å². The van der Waals surface area contributed by atoms with E-state index in [1.165, 1.54) is 6.07 Å². The first-order valence-corrected chi connectivity index (χ1v) is 7.03. The third-order valence-electron chi connectivity index (χ3n) is 4.28. The molecular formula is C16H17FN2O2. The molecule has 0 radical (unpaired) electrons. The van der Waals surface area contributed by atoms with Crippen molar-refractivity contribution < 1.29 is 14.3 Å². The molecule has 4 nitrogen and oxygen atoms in total. The second-order valence-electron chi connectivity index (χ2n) is 5.69. The van der Waals surface area contributed by atoms with Crippen LogP contribution in [-0.4, -0.2) is 34.0 Å². The summed E-state index contributed by atoms with van der Waals surface area (Å²) < 4.78 is 13.7. The molecule has 1 fully saturated rings. The summed E-state index contributed by atoms with van der Waals surface area (Å²) in [6, 6.07) is 6.69. The summed E-state index contributed by atoms with van der Waals surface area (Å²) in [5.41, 5.74) is 1.67. The zero-order valence-corrected chi connectivity index (χ0v) is 11.8. The predicted molar refractivity (Wildman–Crippen MR) is 77.3 cm³/mol. The number of fused-ring (bicyclic) bond motifs is 1. The van der Waals surface area contributed by atoms with E-state index in [1.54, 1.807) is 31.3 Å². The number of rotatable bonds is 4. The van der Waals surface area contributed by atoms with Crippen molar-refractivity contribution in [1.29, 1.82) is 0 Å². The van der Waals surface area contributed by atoms with Crippen molar-refractivity contribution in [3.05, 3.63) is 41.8 Å². The summed E-state index contributed by atoms with van der Waals surface area (Å²) in [5.74, 6) is -1.12. The molecular weight excluding hydrogens is 271 g/mol. The number of aliphatic carboxylic acids is 1. The van der Waals surface area contributed by atoms with Crippen LogP contribution >= 0.6 is 0 Å². The molecule has 0 aliphatic carbocycles. The van der Waals surface area contributed by atoms with E-state index in [-0.39, 0.29) is 17.7 Å². The zero-order chi connectivity index (χ0) is 15.0. The lowest BCUT2D eigenvalue weighted by atomic mass is 9.87. The van der Waals surface area contributed by atoms with Gasteiger partial charge in [0.15, 0.2) is 0 Å². The number of carboxylic acid groups (broad SMARTS) is 1. The van der Waals surface area contributed by atoms with Crippen molar-refractivity contribution >= 4 is 16.9 Å². The van der Waals surface area contributed by atoms with E-state index in [0.717, 1.165) is 18.7 Å². The van der Waals surface area contributed by atoms with Crippen molar-refractivity contribution in [2.45, 2.75) is 13.5 Å². The van der Waals surface area contributed by atoms with E-state index in [9.17, 15) is 9.18 Å². The standard InChI is InChI=1S/C16H17FN2O2/c1-10(16(20)21)12-8-19(9-12)7-11-4-5-14(17)13-3-2-6-18-15(11)13/h2-6,10,12H,7-9H2,1H3,(H,20,21). The first kappa shape index (κ1) is 13.9. The van der Waals surface area contributed by atoms with Gasteiger partial charge in [-0.1, -0.05) is 13.0 Å². The zero-order valence-electron chi connectivity index (χ0n) is 11.8. The first-order chi connectivity index (χ1) is 10.1. The van der Waals surface area contributed by atoms with E-state index >= 15 is 0 Å². The second-order valence-corrected chi connectivity index (χ2v) is 5.69. The molecule has 2 aromatic rings. The molecule has 1 saturated heterocycles. The highest BCUT2D eigenvalue weighted by Gasteiger charge is 2.34. The molecule has 1 N–H and O–H groups in total. The van der Waals surface area contributed by atoms with Gasteiger partial charge in [-0.15, -0.1) is 0 Å². The molecule has 21 heavy (non-hydrogen) atoms. The lowest BCUT2D eigenvalue weighted by Crippen LogP contribution is -2.50. The van der Waals surface area contributed by atoms with Crippen LogP contribution in [0.2, 0.25) is 0 Å². The SMILES string of the molecule is CC(C(=O)O)C1CN(Cc2ccc(F)c3cccnc23)C1. The largest absolute Gasteiger partial charge is 0.481 e. The summed E-state index contributed by atoms with van der Waals surface area (Å²) >= 11 is 0. The summed E-state index contributed by atoms with van der Waals surface area (Å²) in [7, 11) is 0. The maximum Gasteiger partial charge on any atom is 0.306 e. The van der Waals surface area contributed by atoms with Crippen molar-refractivity contribution in [2.24, 2.45) is 11.8 Å². The van der Waals surface area contributed by atoms with Crippen LogP contribution in [0.25, 0.3) is 10.9 Å². The molecule has 0 amide bonds. The minimum Gasteiger partial charge on any atom is -0.481 e. The maximum absolute atomic E-state index is 13.7. The van der Waals surface area contributed by atoms with E-state index < -0.39 is 5.97 Å². The van der Waals surface area contributed by atoms with Crippen LogP contribution in [0.3, 0.4) is 0 Å². The van der Waals surface area contributed by atoms with Gasteiger partial charge < -0.3 is 5.11 Å². The molecule has 0 spiro atoms. The van der Waals surface area contributed by atoms with Gasteiger partial charge in [0.05, 0.1) is 11.4 Å². The van der Waals surface area contributed by atoms with Crippen molar-refractivity contribution in [2.75, 3.05) is 13.1 Å². The molecule has 1 aliphatic rings. The minimum absolute atomic E-state index is 0.196. The molecule has 5 heteroatoms. The number of carbonyl (C=O) groups is 1. The van der Waals surface area contributed by atoms with Crippen LogP contribution in [-0.2, 0) is 11.3 Å². The highest BCUT2D eigenvalue weighted by molar-refractivity contribution is 5.82. The summed E-state index contributed by atoms with van der Waals surface area (Å²) in [6.45, 7) is 3.95. The lowest BCUT2D eigenvalue weighted by molar-refractivity contribution is -0.145. The van der Waals surface area contributed by atoms with Crippen LogP contribution in [0.4, 0.5) is 4.39 Å². The molecule has 1 aliphatic heterocycles. The number of likely N-dealkylation sites (tertiary alicyclic amines) is 1. The molecule has 110 valence electrons. The number of pyridine rings is 1. The van der Waals surface area contributed by atoms with E-state index in [0.29, 0.717) is 17.4 Å². The van der Waals surface area contributed by atoms with Gasteiger partial charge in [0.2, 0.25) is 0 Å². The molecule has 2 heterocycles. The Labute approximate surface area is 122 Å². The molecule has 1 aromatic carbocycles. The van der Waals surface area contributed by atoms with Crippen molar-refractivity contribution in [3.8, 4) is 0 Å². The van der Waals surface area contributed by atoms with Gasteiger partial charge in [-0.25, -0.2) is 4.39 Å². The lowest BCUT2D eigenvalue weighted by Gasteiger charge is -2.41.